The third kappa shape index (κ3) is 2.85. The molecule has 0 amide bonds. The summed E-state index contributed by atoms with van der Waals surface area (Å²) in [6, 6.07) is 0. The molecule has 0 N–H and O–H groups in total. The van der Waals surface area contributed by atoms with E-state index in [9.17, 15) is 0 Å². The summed E-state index contributed by atoms with van der Waals surface area (Å²) in [5, 5.41) is 0. The van der Waals surface area contributed by atoms with E-state index in [4.69, 9.17) is 22.3 Å². The number of thiol groups is 1. The summed E-state index contributed by atoms with van der Waals surface area (Å²) in [5.41, 5.74) is -0.0220. The average Bonchev–Trinajstić information content (AvgIpc) is 2.93. The third-order valence-electron chi connectivity index (χ3n) is 6.45. The van der Waals surface area contributed by atoms with E-state index in [1.807, 2.05) is 0 Å². The van der Waals surface area contributed by atoms with Crippen LogP contribution < -0.4 is 0 Å². The minimum atomic E-state index is -0.437. The van der Waals surface area contributed by atoms with Crippen LogP contribution >= 0.6 is 12.8 Å². The lowest BCUT2D eigenvalue weighted by Gasteiger charge is -2.61. The Bertz CT molecular complexity index is 393. The molecule has 3 nitrogen and oxygen atoms in total. The molecule has 0 aliphatic carbocycles. The second kappa shape index (κ2) is 6.62. The molecule has 0 aromatic rings. The van der Waals surface area contributed by atoms with Crippen molar-refractivity contribution in [3.63, 3.8) is 0 Å². The minimum Gasteiger partial charge on any atom is -0.347 e. The van der Waals surface area contributed by atoms with E-state index in [1.54, 1.807) is 0 Å². The fourth-order valence-corrected chi connectivity index (χ4v) is 4.77. The zero-order chi connectivity index (χ0) is 16.6. The highest BCUT2D eigenvalue weighted by Crippen LogP contribution is 2.54. The Labute approximate surface area is 142 Å². The molecule has 0 aromatic heterocycles. The topological polar surface area (TPSA) is 21.7 Å². The molecule has 5 atom stereocenters. The lowest BCUT2D eigenvalue weighted by Crippen LogP contribution is -2.69. The van der Waals surface area contributed by atoms with E-state index in [0.717, 1.165) is 32.3 Å². The fourth-order valence-electron chi connectivity index (χ4n) is 4.24. The van der Waals surface area contributed by atoms with Crippen LogP contribution in [0.5, 0.6) is 0 Å². The van der Waals surface area contributed by atoms with Crippen LogP contribution in [0.3, 0.4) is 0 Å². The molecule has 1 spiro atoms. The highest BCUT2D eigenvalue weighted by Gasteiger charge is 2.62. The highest BCUT2D eigenvalue weighted by molar-refractivity contribution is 7.77. The van der Waals surface area contributed by atoms with Crippen molar-refractivity contribution in [2.24, 2.45) is 5.92 Å². The van der Waals surface area contributed by atoms with Gasteiger partial charge in [0.1, 0.15) is 0 Å². The monoisotopic (exact) mass is 329 g/mol. The van der Waals surface area contributed by atoms with Gasteiger partial charge in [-0.1, -0.05) is 53.4 Å². The molecule has 0 aromatic carbocycles. The van der Waals surface area contributed by atoms with Crippen LogP contribution in [0, 0.1) is 5.92 Å². The van der Waals surface area contributed by atoms with Crippen molar-refractivity contribution in [3.05, 3.63) is 0 Å². The maximum atomic E-state index is 6.56. The minimum absolute atomic E-state index is 0.0000272. The second-order valence-electron chi connectivity index (χ2n) is 7.78. The fraction of sp³-hybridized carbons (Fsp3) is 1.00. The zero-order valence-electron chi connectivity index (χ0n) is 15.3. The molecular weight excluding hydrogens is 294 g/mol. The first-order valence-corrected chi connectivity index (χ1v) is 9.49. The lowest BCUT2D eigenvalue weighted by molar-refractivity contribution is -0.269. The van der Waals surface area contributed by atoms with E-state index >= 15 is 0 Å². The SMILES string of the molecule is CCCCC1COC2(CC(C)(CC)N(S)C(C)(CC)C2C)O1. The van der Waals surface area contributed by atoms with Crippen LogP contribution in [0.2, 0.25) is 0 Å². The van der Waals surface area contributed by atoms with Gasteiger partial charge in [-0.3, -0.25) is 0 Å². The maximum absolute atomic E-state index is 6.56. The van der Waals surface area contributed by atoms with Crippen molar-refractivity contribution in [2.45, 2.75) is 103 Å². The van der Waals surface area contributed by atoms with Gasteiger partial charge in [0.25, 0.3) is 0 Å². The molecule has 0 bridgehead atoms. The predicted molar refractivity (Wildman–Crippen MR) is 95.1 cm³/mol. The van der Waals surface area contributed by atoms with E-state index in [2.05, 4.69) is 45.8 Å². The summed E-state index contributed by atoms with van der Waals surface area (Å²) in [7, 11) is 0. The maximum Gasteiger partial charge on any atom is 0.174 e. The molecule has 22 heavy (non-hydrogen) atoms. The van der Waals surface area contributed by atoms with Crippen LogP contribution in [0.25, 0.3) is 0 Å². The number of ether oxygens (including phenoxy) is 2. The molecule has 5 unspecified atom stereocenters. The summed E-state index contributed by atoms with van der Waals surface area (Å²) in [5.74, 6) is -0.138. The molecule has 130 valence electrons. The van der Waals surface area contributed by atoms with Gasteiger partial charge in [0.05, 0.1) is 12.7 Å². The smallest absolute Gasteiger partial charge is 0.174 e. The van der Waals surface area contributed by atoms with E-state index in [0.29, 0.717) is 5.92 Å². The number of hydrogen-bond acceptors (Lipinski definition) is 4. The van der Waals surface area contributed by atoms with Gasteiger partial charge in [-0.2, -0.15) is 0 Å². The Kier molecular flexibility index (Phi) is 5.59. The van der Waals surface area contributed by atoms with Gasteiger partial charge in [0, 0.05) is 23.4 Å². The van der Waals surface area contributed by atoms with Crippen molar-refractivity contribution in [2.75, 3.05) is 6.61 Å². The van der Waals surface area contributed by atoms with Crippen molar-refractivity contribution in [1.82, 2.24) is 4.31 Å². The van der Waals surface area contributed by atoms with Crippen LogP contribution in [-0.4, -0.2) is 33.9 Å². The number of rotatable bonds is 5. The first-order chi connectivity index (χ1) is 10.3. The van der Waals surface area contributed by atoms with Gasteiger partial charge in [0.2, 0.25) is 0 Å². The second-order valence-corrected chi connectivity index (χ2v) is 8.18. The molecule has 0 radical (unpaired) electrons. The van der Waals surface area contributed by atoms with Gasteiger partial charge in [0.15, 0.2) is 5.79 Å². The Morgan fingerprint density at radius 1 is 1.18 bits per heavy atom. The molecule has 4 heteroatoms. The molecule has 0 saturated carbocycles. The van der Waals surface area contributed by atoms with Crippen molar-refractivity contribution in [3.8, 4) is 0 Å². The Hall–Kier alpha value is 0.230. The summed E-state index contributed by atoms with van der Waals surface area (Å²) >= 11 is 4.92. The van der Waals surface area contributed by atoms with Crippen molar-refractivity contribution < 1.29 is 9.47 Å². The third-order valence-corrected chi connectivity index (χ3v) is 7.39. The van der Waals surface area contributed by atoms with Gasteiger partial charge in [-0.25, -0.2) is 4.31 Å². The summed E-state index contributed by atoms with van der Waals surface area (Å²) in [6.45, 7) is 14.4. The molecule has 2 heterocycles. The molecule has 2 aliphatic heterocycles. The molecule has 2 saturated heterocycles. The van der Waals surface area contributed by atoms with Crippen molar-refractivity contribution in [1.29, 1.82) is 0 Å². The van der Waals surface area contributed by atoms with Gasteiger partial charge in [-0.15, -0.1) is 0 Å². The number of unbranched alkanes of at least 4 members (excludes halogenated alkanes) is 1. The number of piperidine rings is 1. The van der Waals surface area contributed by atoms with Crippen molar-refractivity contribution >= 4 is 12.8 Å². The largest absolute Gasteiger partial charge is 0.347 e. The number of nitrogens with zero attached hydrogens (tertiary/aromatic N) is 1. The summed E-state index contributed by atoms with van der Waals surface area (Å²) in [6.07, 6.45) is 6.80. The van der Waals surface area contributed by atoms with Crippen LogP contribution in [0.15, 0.2) is 0 Å². The Morgan fingerprint density at radius 2 is 1.86 bits per heavy atom. The summed E-state index contributed by atoms with van der Waals surface area (Å²) < 4.78 is 15.2. The van der Waals surface area contributed by atoms with E-state index < -0.39 is 5.79 Å². The predicted octanol–water partition coefficient (Wildman–Crippen LogP) is 4.81. The normalized spacial score (nSPS) is 46.5. The summed E-state index contributed by atoms with van der Waals surface area (Å²) in [4.78, 5) is 0. The molecular formula is C18H35NO2S. The standard InChI is InChI=1S/C18H35NO2S/c1-7-10-11-15-12-20-18(21-15)13-16(5,8-2)19(22)17(6,9-3)14(18)4/h14-15,22H,7-13H2,1-6H3. The van der Waals surface area contributed by atoms with Gasteiger partial charge >= 0.3 is 0 Å². The van der Waals surface area contributed by atoms with Crippen LogP contribution in [-0.2, 0) is 9.47 Å². The van der Waals surface area contributed by atoms with Gasteiger partial charge < -0.3 is 9.47 Å². The first kappa shape index (κ1) is 18.6. The lowest BCUT2D eigenvalue weighted by atomic mass is 9.68. The first-order valence-electron chi connectivity index (χ1n) is 9.09. The van der Waals surface area contributed by atoms with Crippen LogP contribution in [0.1, 0.15) is 80.1 Å². The molecule has 2 rings (SSSR count). The molecule has 2 aliphatic rings. The Morgan fingerprint density at radius 3 is 2.41 bits per heavy atom. The number of hydrogen-bond donors (Lipinski definition) is 1. The zero-order valence-corrected chi connectivity index (χ0v) is 16.2. The van der Waals surface area contributed by atoms with Gasteiger partial charge in [-0.05, 0) is 33.1 Å². The van der Waals surface area contributed by atoms with Crippen LogP contribution in [0.4, 0.5) is 0 Å². The average molecular weight is 330 g/mol. The molecule has 2 fully saturated rings. The van der Waals surface area contributed by atoms with E-state index in [1.165, 1.54) is 12.8 Å². The Balaban J connectivity index is 2.28. The highest BCUT2D eigenvalue weighted by atomic mass is 32.1. The van der Waals surface area contributed by atoms with E-state index in [-0.39, 0.29) is 17.2 Å². The quantitative estimate of drug-likeness (QED) is 0.731.